The van der Waals surface area contributed by atoms with E-state index >= 15 is 0 Å². The van der Waals surface area contributed by atoms with E-state index in [9.17, 15) is 9.18 Å². The van der Waals surface area contributed by atoms with Gasteiger partial charge in [0.25, 0.3) is 0 Å². The van der Waals surface area contributed by atoms with Gasteiger partial charge in [0.15, 0.2) is 5.78 Å². The summed E-state index contributed by atoms with van der Waals surface area (Å²) < 4.78 is 13.6. The van der Waals surface area contributed by atoms with Gasteiger partial charge < -0.3 is 10.1 Å². The Morgan fingerprint density at radius 1 is 1.29 bits per heavy atom. The monoisotopic (exact) mass is 284 g/mol. The molecule has 0 saturated heterocycles. The molecule has 5 heteroatoms. The summed E-state index contributed by atoms with van der Waals surface area (Å²) in [7, 11) is 0. The van der Waals surface area contributed by atoms with Crippen LogP contribution < -0.4 is 0 Å². The number of Topliss-reactive ketones (excluding diaryl/α,β-unsaturated/α-hetero) is 1. The second-order valence-electron chi connectivity index (χ2n) is 4.86. The van der Waals surface area contributed by atoms with Crippen molar-refractivity contribution in [3.63, 3.8) is 0 Å². The van der Waals surface area contributed by atoms with Crippen LogP contribution >= 0.6 is 0 Å². The zero-order chi connectivity index (χ0) is 15.0. The lowest BCUT2D eigenvalue weighted by Gasteiger charge is -1.99. The molecule has 1 heterocycles. The average molecular weight is 284 g/mol. The number of fused-ring (bicyclic) bond motifs is 1. The maximum absolute atomic E-state index is 13.6. The van der Waals surface area contributed by atoms with E-state index in [4.69, 9.17) is 5.11 Å². The predicted octanol–water partition coefficient (Wildman–Crippen LogP) is 2.85. The molecule has 0 radical (unpaired) electrons. The molecule has 2 N–H and O–H groups in total. The summed E-state index contributed by atoms with van der Waals surface area (Å²) in [6.45, 7) is 1.17. The molecule has 3 rings (SSSR count). The first-order valence-electron chi connectivity index (χ1n) is 6.49. The standard InChI is InChI=1S/C16H13FN2O2/c1-9-2-3-11(6-12(9)17)16-18-13-5-4-10(15(21)8-20)7-14(13)19-16/h2-7,20H,8H2,1H3,(H,18,19). The van der Waals surface area contributed by atoms with Crippen LogP contribution in [0.25, 0.3) is 22.4 Å². The molecule has 3 aromatic rings. The largest absolute Gasteiger partial charge is 0.388 e. The Balaban J connectivity index is 2.08. The first-order valence-corrected chi connectivity index (χ1v) is 6.49. The molecule has 0 aliphatic rings. The molecular formula is C16H13FN2O2. The predicted molar refractivity (Wildman–Crippen MR) is 77.6 cm³/mol. The van der Waals surface area contributed by atoms with E-state index in [-0.39, 0.29) is 11.6 Å². The fraction of sp³-hybridized carbons (Fsp3) is 0.125. The molecule has 0 aliphatic carbocycles. The van der Waals surface area contributed by atoms with Crippen molar-refractivity contribution in [2.45, 2.75) is 6.92 Å². The molecule has 106 valence electrons. The van der Waals surface area contributed by atoms with E-state index < -0.39 is 6.61 Å². The highest BCUT2D eigenvalue weighted by atomic mass is 19.1. The number of carbonyl (C=O) groups is 1. The van der Waals surface area contributed by atoms with E-state index in [2.05, 4.69) is 9.97 Å². The minimum Gasteiger partial charge on any atom is -0.388 e. The molecular weight excluding hydrogens is 271 g/mol. The first-order chi connectivity index (χ1) is 10.1. The highest BCUT2D eigenvalue weighted by molar-refractivity contribution is 5.99. The summed E-state index contributed by atoms with van der Waals surface area (Å²) in [5.74, 6) is -0.101. The van der Waals surface area contributed by atoms with E-state index in [1.165, 1.54) is 6.07 Å². The third-order valence-electron chi connectivity index (χ3n) is 3.39. The summed E-state index contributed by atoms with van der Waals surface area (Å²) in [5, 5.41) is 8.88. The normalized spacial score (nSPS) is 11.0. The van der Waals surface area contributed by atoms with Gasteiger partial charge in [0.05, 0.1) is 11.0 Å². The van der Waals surface area contributed by atoms with Crippen molar-refractivity contribution in [2.75, 3.05) is 6.61 Å². The van der Waals surface area contributed by atoms with E-state index in [0.29, 0.717) is 33.5 Å². The van der Waals surface area contributed by atoms with Gasteiger partial charge in [-0.2, -0.15) is 0 Å². The van der Waals surface area contributed by atoms with Crippen molar-refractivity contribution in [3.05, 3.63) is 53.3 Å². The summed E-state index contributed by atoms with van der Waals surface area (Å²) >= 11 is 0. The van der Waals surface area contributed by atoms with Crippen LogP contribution in [-0.2, 0) is 0 Å². The number of aromatic amines is 1. The van der Waals surface area contributed by atoms with Gasteiger partial charge >= 0.3 is 0 Å². The third-order valence-corrected chi connectivity index (χ3v) is 3.39. The van der Waals surface area contributed by atoms with Crippen LogP contribution in [0.3, 0.4) is 0 Å². The van der Waals surface area contributed by atoms with Crippen LogP contribution in [0.5, 0.6) is 0 Å². The molecule has 4 nitrogen and oxygen atoms in total. The Labute approximate surface area is 120 Å². The van der Waals surface area contributed by atoms with Crippen molar-refractivity contribution < 1.29 is 14.3 Å². The van der Waals surface area contributed by atoms with Crippen molar-refractivity contribution in [2.24, 2.45) is 0 Å². The average Bonchev–Trinajstić information content (AvgIpc) is 2.92. The van der Waals surface area contributed by atoms with Crippen molar-refractivity contribution >= 4 is 16.8 Å². The van der Waals surface area contributed by atoms with E-state index in [0.717, 1.165) is 0 Å². The second-order valence-corrected chi connectivity index (χ2v) is 4.86. The Kier molecular flexibility index (Phi) is 3.27. The van der Waals surface area contributed by atoms with Gasteiger partial charge in [0.1, 0.15) is 18.2 Å². The molecule has 0 bridgehead atoms. The van der Waals surface area contributed by atoms with Crippen LogP contribution in [0.1, 0.15) is 15.9 Å². The number of aliphatic hydroxyl groups excluding tert-OH is 1. The lowest BCUT2D eigenvalue weighted by molar-refractivity contribution is 0.0904. The van der Waals surface area contributed by atoms with Gasteiger partial charge in [-0.25, -0.2) is 9.37 Å². The highest BCUT2D eigenvalue weighted by Gasteiger charge is 2.10. The third kappa shape index (κ3) is 2.43. The topological polar surface area (TPSA) is 66.0 Å². The maximum atomic E-state index is 13.6. The summed E-state index contributed by atoms with van der Waals surface area (Å²) in [5.41, 5.74) is 2.98. The highest BCUT2D eigenvalue weighted by Crippen LogP contribution is 2.23. The number of ketones is 1. The first kappa shape index (κ1) is 13.5. The number of aryl methyl sites for hydroxylation is 1. The van der Waals surface area contributed by atoms with Crippen LogP contribution in [0, 0.1) is 12.7 Å². The van der Waals surface area contributed by atoms with E-state index in [1.807, 2.05) is 0 Å². The van der Waals surface area contributed by atoms with Gasteiger partial charge in [0.2, 0.25) is 0 Å². The molecule has 0 saturated carbocycles. The number of aliphatic hydroxyl groups is 1. The Morgan fingerprint density at radius 2 is 2.10 bits per heavy atom. The maximum Gasteiger partial charge on any atom is 0.188 e. The van der Waals surface area contributed by atoms with E-state index in [1.54, 1.807) is 37.3 Å². The number of hydrogen-bond acceptors (Lipinski definition) is 3. The Hall–Kier alpha value is -2.53. The molecule has 2 aromatic carbocycles. The van der Waals surface area contributed by atoms with Crippen LogP contribution in [-0.4, -0.2) is 27.5 Å². The van der Waals surface area contributed by atoms with Crippen LogP contribution in [0.4, 0.5) is 4.39 Å². The Morgan fingerprint density at radius 3 is 2.81 bits per heavy atom. The number of rotatable bonds is 3. The zero-order valence-corrected chi connectivity index (χ0v) is 11.4. The number of H-pyrrole nitrogens is 1. The number of benzene rings is 2. The quantitative estimate of drug-likeness (QED) is 0.727. The van der Waals surface area contributed by atoms with Crippen LogP contribution in [0.2, 0.25) is 0 Å². The number of imidazole rings is 1. The van der Waals surface area contributed by atoms with Gasteiger partial charge in [-0.3, -0.25) is 4.79 Å². The summed E-state index contributed by atoms with van der Waals surface area (Å²) in [6, 6.07) is 9.85. The molecule has 0 spiro atoms. The Bertz CT molecular complexity index is 839. The molecule has 0 amide bonds. The fourth-order valence-electron chi connectivity index (χ4n) is 2.15. The second kappa shape index (κ2) is 5.10. The number of nitrogens with zero attached hydrogens (tertiary/aromatic N) is 1. The smallest absolute Gasteiger partial charge is 0.188 e. The van der Waals surface area contributed by atoms with Gasteiger partial charge in [-0.05, 0) is 36.8 Å². The van der Waals surface area contributed by atoms with Crippen molar-refractivity contribution in [1.29, 1.82) is 0 Å². The number of carbonyl (C=O) groups excluding carboxylic acids is 1. The SMILES string of the molecule is Cc1ccc(-c2nc3ccc(C(=O)CO)cc3[nH]2)cc1F. The van der Waals surface area contributed by atoms with Crippen molar-refractivity contribution in [1.82, 2.24) is 9.97 Å². The van der Waals surface area contributed by atoms with Crippen LogP contribution in [0.15, 0.2) is 36.4 Å². The van der Waals surface area contributed by atoms with Gasteiger partial charge in [-0.15, -0.1) is 0 Å². The molecule has 0 atom stereocenters. The zero-order valence-electron chi connectivity index (χ0n) is 11.4. The lowest BCUT2D eigenvalue weighted by Crippen LogP contribution is -2.03. The molecule has 0 aliphatic heterocycles. The van der Waals surface area contributed by atoms with Gasteiger partial charge in [0, 0.05) is 11.1 Å². The summed E-state index contributed by atoms with van der Waals surface area (Å²) in [6.07, 6.45) is 0. The van der Waals surface area contributed by atoms with Gasteiger partial charge in [-0.1, -0.05) is 12.1 Å². The minimum atomic E-state index is -0.532. The van der Waals surface area contributed by atoms with Crippen molar-refractivity contribution in [3.8, 4) is 11.4 Å². The number of aromatic nitrogens is 2. The summed E-state index contributed by atoms with van der Waals surface area (Å²) in [4.78, 5) is 18.9. The molecule has 0 fully saturated rings. The molecule has 1 aromatic heterocycles. The number of halogens is 1. The fourth-order valence-corrected chi connectivity index (χ4v) is 2.15. The number of hydrogen-bond donors (Lipinski definition) is 2. The minimum absolute atomic E-state index is 0.288. The molecule has 21 heavy (non-hydrogen) atoms. The number of nitrogens with one attached hydrogen (secondary N) is 1. The molecule has 0 unspecified atom stereocenters. The lowest BCUT2D eigenvalue weighted by atomic mass is 10.1.